The molecule has 3 aromatic rings. The summed E-state index contributed by atoms with van der Waals surface area (Å²) >= 11 is 0. The summed E-state index contributed by atoms with van der Waals surface area (Å²) in [6, 6.07) is 1.79. The van der Waals surface area contributed by atoms with E-state index in [4.69, 9.17) is 0 Å². The molecule has 1 atom stereocenters. The van der Waals surface area contributed by atoms with Crippen molar-refractivity contribution in [2.75, 3.05) is 11.9 Å². The zero-order chi connectivity index (χ0) is 19.3. The molecule has 1 aliphatic rings. The van der Waals surface area contributed by atoms with Gasteiger partial charge < -0.3 is 15.2 Å². The molecule has 1 fully saturated rings. The minimum absolute atomic E-state index is 0.0446. The molecule has 0 aliphatic carbocycles. The van der Waals surface area contributed by atoms with Gasteiger partial charge in [0, 0.05) is 31.1 Å². The van der Waals surface area contributed by atoms with Gasteiger partial charge in [0.25, 0.3) is 0 Å². The largest absolute Gasteiger partial charge is 0.345 e. The molecule has 28 heavy (non-hydrogen) atoms. The lowest BCUT2D eigenvalue weighted by molar-refractivity contribution is -0.126. The number of nitrogens with zero attached hydrogens (tertiary/aromatic N) is 6. The highest BCUT2D eigenvalue weighted by molar-refractivity contribution is 5.92. The SMILES string of the molecule is Cc1nc(Nc2cnccn2)cc([C@H]2CCCN2C(=O)/C=C/c2cnc[nH]2)n1. The third kappa shape index (κ3) is 4.03. The minimum atomic E-state index is -0.0805. The van der Waals surface area contributed by atoms with Gasteiger partial charge in [-0.25, -0.2) is 19.9 Å². The molecule has 0 radical (unpaired) electrons. The summed E-state index contributed by atoms with van der Waals surface area (Å²) in [5.74, 6) is 1.83. The summed E-state index contributed by atoms with van der Waals surface area (Å²) in [5, 5.41) is 3.14. The van der Waals surface area contributed by atoms with E-state index in [0.717, 1.165) is 24.2 Å². The van der Waals surface area contributed by atoms with Crippen LogP contribution in [0.4, 0.5) is 11.6 Å². The highest BCUT2D eigenvalue weighted by atomic mass is 16.2. The average Bonchev–Trinajstić information content (AvgIpc) is 3.38. The van der Waals surface area contributed by atoms with E-state index < -0.39 is 0 Å². The molecule has 4 heterocycles. The van der Waals surface area contributed by atoms with Gasteiger partial charge >= 0.3 is 0 Å². The van der Waals surface area contributed by atoms with E-state index in [2.05, 4.69) is 35.2 Å². The molecule has 0 saturated carbocycles. The Morgan fingerprint density at radius 2 is 2.18 bits per heavy atom. The maximum Gasteiger partial charge on any atom is 0.247 e. The number of nitrogens with one attached hydrogen (secondary N) is 2. The van der Waals surface area contributed by atoms with Crippen molar-refractivity contribution < 1.29 is 4.79 Å². The molecule has 2 N–H and O–H groups in total. The van der Waals surface area contributed by atoms with Gasteiger partial charge in [0.15, 0.2) is 0 Å². The van der Waals surface area contributed by atoms with Crippen molar-refractivity contribution in [2.24, 2.45) is 0 Å². The maximum atomic E-state index is 12.7. The number of hydrogen-bond donors (Lipinski definition) is 2. The first kappa shape index (κ1) is 17.8. The molecule has 3 aromatic heterocycles. The van der Waals surface area contributed by atoms with Gasteiger partial charge in [0.1, 0.15) is 17.5 Å². The van der Waals surface area contributed by atoms with Crippen LogP contribution in [-0.4, -0.2) is 47.3 Å². The Hall–Kier alpha value is -3.62. The Kier molecular flexibility index (Phi) is 5.05. The van der Waals surface area contributed by atoms with E-state index in [1.807, 2.05) is 17.9 Å². The van der Waals surface area contributed by atoms with Gasteiger partial charge in [-0.05, 0) is 25.8 Å². The van der Waals surface area contributed by atoms with Gasteiger partial charge in [0.05, 0.1) is 36.2 Å². The zero-order valence-corrected chi connectivity index (χ0v) is 15.4. The van der Waals surface area contributed by atoms with Gasteiger partial charge in [-0.15, -0.1) is 0 Å². The molecule has 9 heteroatoms. The molecule has 142 valence electrons. The van der Waals surface area contributed by atoms with Gasteiger partial charge in [-0.3, -0.25) is 9.78 Å². The van der Waals surface area contributed by atoms with E-state index in [9.17, 15) is 4.79 Å². The van der Waals surface area contributed by atoms with Crippen molar-refractivity contribution in [1.29, 1.82) is 0 Å². The average molecular weight is 376 g/mol. The summed E-state index contributed by atoms with van der Waals surface area (Å²) in [6.45, 7) is 2.54. The number of anilines is 2. The molecule has 1 saturated heterocycles. The van der Waals surface area contributed by atoms with Crippen LogP contribution in [0.2, 0.25) is 0 Å². The number of hydrogen-bond acceptors (Lipinski definition) is 7. The fraction of sp³-hybridized carbons (Fsp3) is 0.263. The molecule has 9 nitrogen and oxygen atoms in total. The van der Waals surface area contributed by atoms with Crippen LogP contribution in [0.15, 0.2) is 43.3 Å². The lowest BCUT2D eigenvalue weighted by Gasteiger charge is -2.23. The predicted molar refractivity (Wildman–Crippen MR) is 103 cm³/mol. The van der Waals surface area contributed by atoms with Crippen LogP contribution in [0.25, 0.3) is 6.08 Å². The van der Waals surface area contributed by atoms with Gasteiger partial charge in [-0.2, -0.15) is 0 Å². The number of likely N-dealkylation sites (tertiary alicyclic amines) is 1. The first-order chi connectivity index (χ1) is 13.7. The van der Waals surface area contributed by atoms with Crippen molar-refractivity contribution in [3.63, 3.8) is 0 Å². The number of H-pyrrole nitrogens is 1. The van der Waals surface area contributed by atoms with Crippen molar-refractivity contribution in [3.05, 3.63) is 60.5 Å². The monoisotopic (exact) mass is 376 g/mol. The molecular weight excluding hydrogens is 356 g/mol. The first-order valence-electron chi connectivity index (χ1n) is 9.05. The molecule has 0 spiro atoms. The second-order valence-corrected chi connectivity index (χ2v) is 6.47. The van der Waals surface area contributed by atoms with Crippen LogP contribution in [0.3, 0.4) is 0 Å². The Morgan fingerprint density at radius 1 is 1.25 bits per heavy atom. The maximum absolute atomic E-state index is 12.7. The number of carbonyl (C=O) groups is 1. The third-order valence-corrected chi connectivity index (χ3v) is 4.48. The molecule has 0 bridgehead atoms. The second kappa shape index (κ2) is 7.95. The summed E-state index contributed by atoms with van der Waals surface area (Å²) in [6.07, 6.45) is 13.2. The zero-order valence-electron chi connectivity index (χ0n) is 15.4. The Labute approximate surface area is 162 Å². The lowest BCUT2D eigenvalue weighted by atomic mass is 10.1. The smallest absolute Gasteiger partial charge is 0.247 e. The van der Waals surface area contributed by atoms with Gasteiger partial charge in [0.2, 0.25) is 5.91 Å². The Morgan fingerprint density at radius 3 is 2.96 bits per heavy atom. The molecule has 4 rings (SSSR count). The van der Waals surface area contributed by atoms with E-state index in [1.54, 1.807) is 43.3 Å². The lowest BCUT2D eigenvalue weighted by Crippen LogP contribution is -2.29. The third-order valence-electron chi connectivity index (χ3n) is 4.48. The van der Waals surface area contributed by atoms with E-state index in [1.165, 1.54) is 0 Å². The summed E-state index contributed by atoms with van der Waals surface area (Å²) < 4.78 is 0. The Balaban J connectivity index is 1.54. The second-order valence-electron chi connectivity index (χ2n) is 6.47. The van der Waals surface area contributed by atoms with Crippen LogP contribution in [0, 0.1) is 6.92 Å². The summed E-state index contributed by atoms with van der Waals surface area (Å²) in [4.78, 5) is 38.7. The number of imidazole rings is 1. The number of rotatable bonds is 5. The topological polar surface area (TPSA) is 113 Å². The van der Waals surface area contributed by atoms with Crippen LogP contribution in [-0.2, 0) is 4.79 Å². The van der Waals surface area contributed by atoms with E-state index in [-0.39, 0.29) is 11.9 Å². The molecule has 1 amide bonds. The van der Waals surface area contributed by atoms with E-state index in [0.29, 0.717) is 24.0 Å². The number of amides is 1. The van der Waals surface area contributed by atoms with Gasteiger partial charge in [-0.1, -0.05) is 0 Å². The number of aromatic amines is 1. The quantitative estimate of drug-likeness (QED) is 0.658. The van der Waals surface area contributed by atoms with E-state index >= 15 is 0 Å². The highest BCUT2D eigenvalue weighted by Gasteiger charge is 2.30. The fourth-order valence-corrected chi connectivity index (χ4v) is 3.27. The normalized spacial score (nSPS) is 16.6. The molecular formula is C19H20N8O. The van der Waals surface area contributed by atoms with Crippen LogP contribution in [0.5, 0.6) is 0 Å². The van der Waals surface area contributed by atoms with Crippen molar-refractivity contribution in [1.82, 2.24) is 34.8 Å². The summed E-state index contributed by atoms with van der Waals surface area (Å²) in [5.41, 5.74) is 1.61. The van der Waals surface area contributed by atoms with Crippen molar-refractivity contribution in [2.45, 2.75) is 25.8 Å². The van der Waals surface area contributed by atoms with Crippen LogP contribution < -0.4 is 5.32 Å². The first-order valence-corrected chi connectivity index (χ1v) is 9.05. The molecule has 0 unspecified atom stereocenters. The minimum Gasteiger partial charge on any atom is -0.345 e. The van der Waals surface area contributed by atoms with Crippen molar-refractivity contribution in [3.8, 4) is 0 Å². The highest BCUT2D eigenvalue weighted by Crippen LogP contribution is 2.32. The number of aryl methyl sites for hydroxylation is 1. The van der Waals surface area contributed by atoms with Crippen molar-refractivity contribution >= 4 is 23.6 Å². The van der Waals surface area contributed by atoms with Crippen LogP contribution in [0.1, 0.15) is 36.1 Å². The number of aromatic nitrogens is 6. The predicted octanol–water partition coefficient (Wildman–Crippen LogP) is 2.42. The Bertz CT molecular complexity index is 971. The molecule has 0 aromatic carbocycles. The summed E-state index contributed by atoms with van der Waals surface area (Å²) in [7, 11) is 0. The standard InChI is InChI=1S/C19H20N8O/c1-13-24-15(9-17(25-13)26-18-11-20-6-7-22-18)16-3-2-8-27(16)19(28)5-4-14-10-21-12-23-14/h4-7,9-12,16H,2-3,8H2,1H3,(H,21,23)(H,22,24,25,26)/b5-4+/t16-/m1/s1. The molecule has 1 aliphatic heterocycles. The number of carbonyl (C=O) groups excluding carboxylic acids is 1. The fourth-order valence-electron chi connectivity index (χ4n) is 3.27. The van der Waals surface area contributed by atoms with Crippen LogP contribution >= 0.6 is 0 Å².